The normalized spacial score (nSPS) is 11.5. The van der Waals surface area contributed by atoms with Crippen LogP contribution in [-0.4, -0.2) is 42.5 Å². The molecule has 5 nitrogen and oxygen atoms in total. The lowest BCUT2D eigenvalue weighted by atomic mass is 9.83. The summed E-state index contributed by atoms with van der Waals surface area (Å²) in [5, 5.41) is 18.6. The summed E-state index contributed by atoms with van der Waals surface area (Å²) in [5.74, 6) is -0.227. The average Bonchev–Trinajstić information content (AvgIpc) is 3.29. The second-order valence-electron chi connectivity index (χ2n) is 8.91. The van der Waals surface area contributed by atoms with E-state index in [0.717, 1.165) is 34.7 Å². The van der Waals surface area contributed by atoms with E-state index in [4.69, 9.17) is 4.74 Å². The molecule has 0 spiro atoms. The number of rotatable bonds is 9. The van der Waals surface area contributed by atoms with Gasteiger partial charge in [-0.1, -0.05) is 26.8 Å². The van der Waals surface area contributed by atoms with Crippen molar-refractivity contribution < 1.29 is 19.7 Å². The first-order chi connectivity index (χ1) is 15.7. The number of benzene rings is 2. The third-order valence-electron chi connectivity index (χ3n) is 5.65. The van der Waals surface area contributed by atoms with Crippen molar-refractivity contribution in [2.24, 2.45) is 0 Å². The van der Waals surface area contributed by atoms with Crippen LogP contribution in [0.2, 0.25) is 0 Å². The largest absolute Gasteiger partial charge is 0.491 e. The predicted octanol–water partition coefficient (Wildman–Crippen LogP) is 6.30. The van der Waals surface area contributed by atoms with Crippen LogP contribution in [-0.2, 0) is 5.41 Å². The van der Waals surface area contributed by atoms with E-state index in [9.17, 15) is 15.0 Å². The highest BCUT2D eigenvalue weighted by molar-refractivity contribution is 7.17. The first kappa shape index (κ1) is 24.8. The first-order valence-electron chi connectivity index (χ1n) is 11.3. The number of thiophene rings is 1. The molecule has 0 saturated carbocycles. The monoisotopic (exact) mass is 467 g/mol. The maximum absolute atomic E-state index is 11.3. The smallest absolute Gasteiger partial charge is 0.345 e. The van der Waals surface area contributed by atoms with Crippen LogP contribution in [0, 0.1) is 0 Å². The van der Waals surface area contributed by atoms with Crippen molar-refractivity contribution >= 4 is 23.0 Å². The van der Waals surface area contributed by atoms with Gasteiger partial charge >= 0.3 is 5.97 Å². The van der Waals surface area contributed by atoms with Crippen molar-refractivity contribution in [3.05, 3.63) is 59.0 Å². The molecule has 33 heavy (non-hydrogen) atoms. The maximum Gasteiger partial charge on any atom is 0.345 e. The zero-order valence-electron chi connectivity index (χ0n) is 20.0. The first-order valence-corrected chi connectivity index (χ1v) is 12.1. The topological polar surface area (TPSA) is 70.0 Å². The van der Waals surface area contributed by atoms with E-state index in [0.29, 0.717) is 10.6 Å². The lowest BCUT2D eigenvalue weighted by Crippen LogP contribution is -2.26. The summed E-state index contributed by atoms with van der Waals surface area (Å²) in [6.07, 6.45) is 0. The Balaban J connectivity index is 2.16. The second-order valence-corrected chi connectivity index (χ2v) is 9.99. The molecule has 1 aromatic heterocycles. The Morgan fingerprint density at radius 1 is 1.00 bits per heavy atom. The number of anilines is 1. The molecule has 0 unspecified atom stereocenters. The Labute approximate surface area is 200 Å². The van der Waals surface area contributed by atoms with E-state index in [2.05, 4.69) is 57.7 Å². The van der Waals surface area contributed by atoms with Crippen LogP contribution in [0.3, 0.4) is 0 Å². The maximum atomic E-state index is 11.3. The highest BCUT2D eigenvalue weighted by atomic mass is 32.1. The summed E-state index contributed by atoms with van der Waals surface area (Å²) in [5.41, 5.74) is 5.32. The van der Waals surface area contributed by atoms with E-state index < -0.39 is 5.97 Å². The molecule has 3 aromatic rings. The van der Waals surface area contributed by atoms with Crippen LogP contribution in [0.5, 0.6) is 5.75 Å². The molecule has 0 aliphatic rings. The lowest BCUT2D eigenvalue weighted by Gasteiger charge is -2.31. The van der Waals surface area contributed by atoms with Crippen molar-refractivity contribution in [1.29, 1.82) is 0 Å². The molecule has 2 aromatic carbocycles. The molecule has 0 atom stereocenters. The van der Waals surface area contributed by atoms with E-state index in [1.807, 2.05) is 24.3 Å². The number of nitrogens with zero attached hydrogens (tertiary/aromatic N) is 1. The van der Waals surface area contributed by atoms with Gasteiger partial charge in [-0.05, 0) is 78.4 Å². The fourth-order valence-corrected chi connectivity index (χ4v) is 4.78. The molecule has 0 aliphatic carbocycles. The summed E-state index contributed by atoms with van der Waals surface area (Å²) < 4.78 is 5.87. The van der Waals surface area contributed by atoms with Crippen LogP contribution >= 0.6 is 11.3 Å². The molecule has 1 heterocycles. The van der Waals surface area contributed by atoms with Crippen molar-refractivity contribution in [2.45, 2.75) is 40.0 Å². The summed E-state index contributed by atoms with van der Waals surface area (Å²) in [4.78, 5) is 14.9. The van der Waals surface area contributed by atoms with Crippen molar-refractivity contribution in [2.75, 3.05) is 31.2 Å². The van der Waals surface area contributed by atoms with Crippen LogP contribution in [0.15, 0.2) is 48.5 Å². The van der Waals surface area contributed by atoms with Gasteiger partial charge in [0, 0.05) is 29.2 Å². The Hall–Kier alpha value is -2.83. The van der Waals surface area contributed by atoms with Crippen LogP contribution in [0.1, 0.15) is 49.9 Å². The third-order valence-corrected chi connectivity index (χ3v) is 6.77. The minimum absolute atomic E-state index is 0.0538. The fraction of sp³-hybridized carbons (Fsp3) is 0.370. The van der Waals surface area contributed by atoms with Gasteiger partial charge in [0.25, 0.3) is 0 Å². The number of carboxylic acids is 1. The van der Waals surface area contributed by atoms with Gasteiger partial charge in [0.15, 0.2) is 0 Å². The number of aromatic carboxylic acids is 1. The van der Waals surface area contributed by atoms with Gasteiger partial charge in [0.2, 0.25) is 0 Å². The van der Waals surface area contributed by atoms with Crippen LogP contribution in [0.25, 0.3) is 21.6 Å². The Morgan fingerprint density at radius 3 is 2.27 bits per heavy atom. The summed E-state index contributed by atoms with van der Waals surface area (Å²) in [6.45, 7) is 13.0. The number of aliphatic hydroxyl groups is 1. The Morgan fingerprint density at radius 2 is 1.70 bits per heavy atom. The van der Waals surface area contributed by atoms with Gasteiger partial charge in [0.05, 0.1) is 6.61 Å². The van der Waals surface area contributed by atoms with Crippen molar-refractivity contribution in [3.8, 4) is 27.3 Å². The molecule has 0 radical (unpaired) electrons. The van der Waals surface area contributed by atoms with E-state index in [1.54, 1.807) is 6.07 Å². The summed E-state index contributed by atoms with van der Waals surface area (Å²) in [7, 11) is 0. The zero-order chi connectivity index (χ0) is 24.2. The Bertz CT molecular complexity index is 1110. The number of hydrogen-bond donors (Lipinski definition) is 2. The molecule has 6 heteroatoms. The molecule has 0 saturated heterocycles. The van der Waals surface area contributed by atoms with Gasteiger partial charge in [-0.2, -0.15) is 0 Å². The second kappa shape index (κ2) is 10.4. The zero-order valence-corrected chi connectivity index (χ0v) is 20.8. The number of hydrogen-bond acceptors (Lipinski definition) is 5. The molecule has 0 amide bonds. The predicted molar refractivity (Wildman–Crippen MR) is 137 cm³/mol. The summed E-state index contributed by atoms with van der Waals surface area (Å²) in [6, 6.07) is 15.9. The van der Waals surface area contributed by atoms with E-state index in [1.165, 1.54) is 22.6 Å². The third kappa shape index (κ3) is 5.57. The van der Waals surface area contributed by atoms with Gasteiger partial charge in [-0.3, -0.25) is 0 Å². The number of carboxylic acid groups (broad SMARTS) is 1. The Kier molecular flexibility index (Phi) is 7.82. The fourth-order valence-electron chi connectivity index (χ4n) is 3.94. The number of carbonyl (C=O) groups is 1. The molecular weight excluding hydrogens is 434 g/mol. The SMILES string of the molecule is CCN(CC)c1ccc(-c2cc(-c3ccc(C(=O)O)s3)ccc2OCCO)cc1C(C)(C)C. The minimum Gasteiger partial charge on any atom is -0.491 e. The summed E-state index contributed by atoms with van der Waals surface area (Å²) >= 11 is 1.25. The molecule has 0 bridgehead atoms. The van der Waals surface area contributed by atoms with E-state index >= 15 is 0 Å². The van der Waals surface area contributed by atoms with Crippen LogP contribution < -0.4 is 9.64 Å². The highest BCUT2D eigenvalue weighted by Gasteiger charge is 2.22. The van der Waals surface area contributed by atoms with Gasteiger partial charge in [-0.25, -0.2) is 4.79 Å². The molecular formula is C27H33NO4S. The number of ether oxygens (including phenoxy) is 1. The molecule has 2 N–H and O–H groups in total. The molecule has 176 valence electrons. The molecule has 3 rings (SSSR count). The molecule has 0 fully saturated rings. The number of aliphatic hydroxyl groups excluding tert-OH is 1. The van der Waals surface area contributed by atoms with Gasteiger partial charge in [-0.15, -0.1) is 11.3 Å². The van der Waals surface area contributed by atoms with E-state index in [-0.39, 0.29) is 18.6 Å². The van der Waals surface area contributed by atoms with Crippen LogP contribution in [0.4, 0.5) is 5.69 Å². The quantitative estimate of drug-likeness (QED) is 0.387. The minimum atomic E-state index is -0.920. The average molecular weight is 468 g/mol. The lowest BCUT2D eigenvalue weighted by molar-refractivity contribution is 0.0702. The highest BCUT2D eigenvalue weighted by Crippen LogP contribution is 2.40. The van der Waals surface area contributed by atoms with Gasteiger partial charge < -0.3 is 19.8 Å². The van der Waals surface area contributed by atoms with Gasteiger partial charge in [0.1, 0.15) is 17.2 Å². The van der Waals surface area contributed by atoms with Crippen molar-refractivity contribution in [3.63, 3.8) is 0 Å². The molecule has 0 aliphatic heterocycles. The van der Waals surface area contributed by atoms with Crippen molar-refractivity contribution in [1.82, 2.24) is 0 Å². The standard InChI is InChI=1S/C27H33NO4S/c1-6-28(7-2)22-10-8-18(17-21(22)27(3,4)5)20-16-19(9-11-23(20)32-15-14-29)24-12-13-25(33-24)26(30)31/h8-13,16-17,29H,6-7,14-15H2,1-5H3,(H,30,31).